The molecule has 0 saturated carbocycles. The van der Waals surface area contributed by atoms with Gasteiger partial charge < -0.3 is 27.0 Å². The molecule has 6 N–H and O–H groups in total. The molecule has 0 spiro atoms. The summed E-state index contributed by atoms with van der Waals surface area (Å²) in [5, 5.41) is 11.1. The number of carbonyl (C=O) groups is 4. The first-order valence-electron chi connectivity index (χ1n) is 13.7. The van der Waals surface area contributed by atoms with Crippen LogP contribution >= 0.6 is 0 Å². The van der Waals surface area contributed by atoms with E-state index >= 15 is 0 Å². The molecular weight excluding hydrogens is 482 g/mol. The summed E-state index contributed by atoms with van der Waals surface area (Å²) in [7, 11) is 0. The summed E-state index contributed by atoms with van der Waals surface area (Å²) >= 11 is 0. The van der Waals surface area contributed by atoms with Gasteiger partial charge in [0.1, 0.15) is 12.1 Å². The maximum atomic E-state index is 13.2. The highest BCUT2D eigenvalue weighted by Crippen LogP contribution is 2.20. The van der Waals surface area contributed by atoms with Gasteiger partial charge in [0.15, 0.2) is 0 Å². The average molecular weight is 532 g/mol. The van der Waals surface area contributed by atoms with E-state index in [9.17, 15) is 19.2 Å². The van der Waals surface area contributed by atoms with Crippen molar-refractivity contribution < 1.29 is 19.2 Å². The molecule has 5 amide bonds. The van der Waals surface area contributed by atoms with Gasteiger partial charge in [-0.05, 0) is 67.1 Å². The molecule has 1 aromatic carbocycles. The molecule has 0 aliphatic rings. The molecule has 214 valence electrons. The van der Waals surface area contributed by atoms with Gasteiger partial charge in [0.25, 0.3) is 0 Å². The summed E-state index contributed by atoms with van der Waals surface area (Å²) < 4.78 is 0. The van der Waals surface area contributed by atoms with E-state index in [-0.39, 0.29) is 23.1 Å². The summed E-state index contributed by atoms with van der Waals surface area (Å²) in [6, 6.07) is 5.52. The van der Waals surface area contributed by atoms with Gasteiger partial charge in [-0.2, -0.15) is 0 Å². The fourth-order valence-electron chi connectivity index (χ4n) is 3.91. The van der Waals surface area contributed by atoms with Crippen molar-refractivity contribution in [3.05, 3.63) is 29.8 Å². The van der Waals surface area contributed by atoms with Crippen LogP contribution in [0.15, 0.2) is 24.3 Å². The summed E-state index contributed by atoms with van der Waals surface area (Å²) in [6.45, 7) is 14.6. The molecule has 38 heavy (non-hydrogen) atoms. The number of nitrogens with one attached hydrogen (secondary N) is 4. The first-order chi connectivity index (χ1) is 17.7. The highest BCUT2D eigenvalue weighted by molar-refractivity contribution is 5.98. The third-order valence-corrected chi connectivity index (χ3v) is 6.08. The normalized spacial score (nSPS) is 13.1. The topological polar surface area (TPSA) is 142 Å². The number of amides is 5. The van der Waals surface area contributed by atoms with Gasteiger partial charge >= 0.3 is 6.03 Å². The molecule has 0 aromatic heterocycles. The highest BCUT2D eigenvalue weighted by Gasteiger charge is 2.29. The number of urea groups is 1. The van der Waals surface area contributed by atoms with E-state index in [1.165, 1.54) is 5.56 Å². The number of carbonyl (C=O) groups excluding carboxylic acids is 4. The van der Waals surface area contributed by atoms with Crippen LogP contribution in [0.5, 0.6) is 0 Å². The smallest absolute Gasteiger partial charge is 0.312 e. The van der Waals surface area contributed by atoms with E-state index in [0.717, 1.165) is 6.42 Å². The number of primary amides is 1. The van der Waals surface area contributed by atoms with Crippen molar-refractivity contribution in [2.24, 2.45) is 23.0 Å². The average Bonchev–Trinajstić information content (AvgIpc) is 2.80. The summed E-state index contributed by atoms with van der Waals surface area (Å²) in [5.74, 6) is -0.549. The molecule has 0 unspecified atom stereocenters. The van der Waals surface area contributed by atoms with Crippen LogP contribution in [0.4, 0.5) is 10.5 Å². The molecular formula is C29H49N5O4. The standard InChI is InChI=1S/C29H49N5O4/c1-19(2)18-21-11-13-22(14-12-21)32-26(36)23(10-8-9-17-31-28(30)38)33-27(37)25(20(3)4)34-24(35)15-16-29(5,6)7/h11-14,19-20,23,25H,8-10,15-18H2,1-7H3,(H,32,36)(H,33,37)(H,34,35)(H3,30,31,38)/t23-,25-/m0/s1. The van der Waals surface area contributed by atoms with Crippen molar-refractivity contribution in [2.45, 2.75) is 99.1 Å². The van der Waals surface area contributed by atoms with Crippen LogP contribution in [0.3, 0.4) is 0 Å². The first kappa shape index (κ1) is 32.9. The maximum Gasteiger partial charge on any atom is 0.312 e. The third kappa shape index (κ3) is 14.0. The third-order valence-electron chi connectivity index (χ3n) is 6.08. The monoisotopic (exact) mass is 531 g/mol. The van der Waals surface area contributed by atoms with Crippen LogP contribution in [0.2, 0.25) is 0 Å². The number of anilines is 1. The van der Waals surface area contributed by atoms with Crippen LogP contribution in [-0.4, -0.2) is 42.4 Å². The minimum absolute atomic E-state index is 0.00642. The lowest BCUT2D eigenvalue weighted by Gasteiger charge is -2.26. The van der Waals surface area contributed by atoms with Crippen LogP contribution in [0.25, 0.3) is 0 Å². The summed E-state index contributed by atoms with van der Waals surface area (Å²) in [5.41, 5.74) is 6.95. The van der Waals surface area contributed by atoms with E-state index in [4.69, 9.17) is 5.73 Å². The Balaban J connectivity index is 2.91. The minimum atomic E-state index is -0.806. The number of benzene rings is 1. The number of hydrogen-bond donors (Lipinski definition) is 5. The predicted molar refractivity (Wildman–Crippen MR) is 152 cm³/mol. The van der Waals surface area contributed by atoms with Gasteiger partial charge in [-0.15, -0.1) is 0 Å². The lowest BCUT2D eigenvalue weighted by molar-refractivity contribution is -0.132. The molecule has 1 rings (SSSR count). The van der Waals surface area contributed by atoms with Crippen molar-refractivity contribution >= 4 is 29.4 Å². The second-order valence-electron chi connectivity index (χ2n) is 12.0. The lowest BCUT2D eigenvalue weighted by Crippen LogP contribution is -2.54. The van der Waals surface area contributed by atoms with Crippen LogP contribution in [-0.2, 0) is 20.8 Å². The van der Waals surface area contributed by atoms with E-state index in [2.05, 4.69) is 55.9 Å². The van der Waals surface area contributed by atoms with Crippen molar-refractivity contribution in [1.29, 1.82) is 0 Å². The van der Waals surface area contributed by atoms with Crippen molar-refractivity contribution in [1.82, 2.24) is 16.0 Å². The van der Waals surface area contributed by atoms with Gasteiger partial charge in [-0.1, -0.05) is 60.6 Å². The number of nitrogens with two attached hydrogens (primary N) is 1. The van der Waals surface area contributed by atoms with Gasteiger partial charge in [0.2, 0.25) is 17.7 Å². The van der Waals surface area contributed by atoms with Gasteiger partial charge in [0, 0.05) is 18.7 Å². The quantitative estimate of drug-likeness (QED) is 0.217. The molecule has 9 nitrogen and oxygen atoms in total. The van der Waals surface area contributed by atoms with Gasteiger partial charge in [-0.3, -0.25) is 14.4 Å². The molecule has 0 heterocycles. The summed E-state index contributed by atoms with van der Waals surface area (Å²) in [6.07, 6.45) is 3.52. The Morgan fingerprint density at radius 1 is 0.895 bits per heavy atom. The number of hydrogen-bond acceptors (Lipinski definition) is 4. The predicted octanol–water partition coefficient (Wildman–Crippen LogP) is 4.11. The molecule has 1 aromatic rings. The second-order valence-corrected chi connectivity index (χ2v) is 12.0. The van der Waals surface area contributed by atoms with Crippen molar-refractivity contribution in [3.63, 3.8) is 0 Å². The Morgan fingerprint density at radius 2 is 1.53 bits per heavy atom. The Morgan fingerprint density at radius 3 is 2.05 bits per heavy atom. The van der Waals surface area contributed by atoms with E-state index < -0.39 is 24.0 Å². The fourth-order valence-corrected chi connectivity index (χ4v) is 3.91. The lowest BCUT2D eigenvalue weighted by atomic mass is 9.90. The summed E-state index contributed by atoms with van der Waals surface area (Å²) in [4.78, 5) is 49.9. The van der Waals surface area contributed by atoms with Crippen LogP contribution in [0, 0.1) is 17.3 Å². The number of unbranched alkanes of at least 4 members (excludes halogenated alkanes) is 1. The maximum absolute atomic E-state index is 13.2. The molecule has 0 radical (unpaired) electrons. The molecule has 0 bridgehead atoms. The minimum Gasteiger partial charge on any atom is -0.352 e. The largest absolute Gasteiger partial charge is 0.352 e. The van der Waals surface area contributed by atoms with Crippen LogP contribution in [0.1, 0.15) is 86.1 Å². The van der Waals surface area contributed by atoms with Crippen molar-refractivity contribution in [3.8, 4) is 0 Å². The number of rotatable bonds is 15. The Labute approximate surface area is 228 Å². The van der Waals surface area contributed by atoms with E-state index in [1.54, 1.807) is 0 Å². The molecule has 0 aliphatic carbocycles. The Hall–Kier alpha value is -3.10. The molecule has 0 aliphatic heterocycles. The van der Waals surface area contributed by atoms with Crippen molar-refractivity contribution in [2.75, 3.05) is 11.9 Å². The molecule has 0 fully saturated rings. The molecule has 2 atom stereocenters. The Kier molecular flexibility index (Phi) is 13.9. The molecule has 0 saturated heterocycles. The SMILES string of the molecule is CC(C)Cc1ccc(NC(=O)[C@H](CCCCNC(N)=O)NC(=O)[C@@H](NC(=O)CCC(C)(C)C)C(C)C)cc1. The van der Waals surface area contributed by atoms with Gasteiger partial charge in [0.05, 0.1) is 0 Å². The zero-order chi connectivity index (χ0) is 28.9. The Bertz CT molecular complexity index is 907. The van der Waals surface area contributed by atoms with E-state index in [1.807, 2.05) is 38.1 Å². The van der Waals surface area contributed by atoms with Gasteiger partial charge in [-0.25, -0.2) is 4.79 Å². The fraction of sp³-hybridized carbons (Fsp3) is 0.655. The zero-order valence-electron chi connectivity index (χ0n) is 24.3. The van der Waals surface area contributed by atoms with E-state index in [0.29, 0.717) is 50.3 Å². The zero-order valence-corrected chi connectivity index (χ0v) is 24.3. The first-order valence-corrected chi connectivity index (χ1v) is 13.7. The molecule has 9 heteroatoms. The van der Waals surface area contributed by atoms with Crippen LogP contribution < -0.4 is 27.0 Å². The second kappa shape index (κ2) is 16.0. The highest BCUT2D eigenvalue weighted by atomic mass is 16.2.